The third-order valence-electron chi connectivity index (χ3n) is 3.47. The van der Waals surface area contributed by atoms with Gasteiger partial charge in [-0.15, -0.1) is 0 Å². The average Bonchev–Trinajstić information content (AvgIpc) is 2.28. The summed E-state index contributed by atoms with van der Waals surface area (Å²) in [6.07, 6.45) is 0. The molecule has 17 heavy (non-hydrogen) atoms. The van der Waals surface area contributed by atoms with E-state index in [1.807, 2.05) is 32.6 Å². The molecule has 0 aromatic rings. The van der Waals surface area contributed by atoms with Gasteiger partial charge in [0.1, 0.15) is 0 Å². The van der Waals surface area contributed by atoms with Gasteiger partial charge >= 0.3 is 5.97 Å². The predicted molar refractivity (Wildman–Crippen MR) is 64.7 cm³/mol. The lowest BCUT2D eigenvalue weighted by molar-refractivity contribution is -0.142. The second-order valence-electron chi connectivity index (χ2n) is 5.53. The first-order chi connectivity index (χ1) is 7.67. The zero-order chi connectivity index (χ0) is 13.4. The highest BCUT2D eigenvalue weighted by molar-refractivity contribution is 5.86. The largest absolute Gasteiger partial charge is 0.481 e. The van der Waals surface area contributed by atoms with E-state index in [1.54, 1.807) is 7.05 Å². The van der Waals surface area contributed by atoms with E-state index in [9.17, 15) is 14.7 Å². The molecule has 5 heteroatoms. The van der Waals surface area contributed by atoms with Gasteiger partial charge in [0.05, 0.1) is 11.5 Å². The minimum atomic E-state index is -0.840. The van der Waals surface area contributed by atoms with Crippen LogP contribution in [0.15, 0.2) is 0 Å². The molecule has 0 aromatic heterocycles. The summed E-state index contributed by atoms with van der Waals surface area (Å²) in [7, 11) is 1.67. The number of hydrogen-bond acceptors (Lipinski definition) is 3. The molecule has 1 aliphatic heterocycles. The van der Waals surface area contributed by atoms with Crippen molar-refractivity contribution in [1.82, 2.24) is 9.80 Å². The van der Waals surface area contributed by atoms with E-state index < -0.39 is 17.4 Å². The molecule has 1 unspecified atom stereocenters. The van der Waals surface area contributed by atoms with E-state index in [0.717, 1.165) is 0 Å². The molecule has 0 bridgehead atoms. The van der Waals surface area contributed by atoms with Crippen molar-refractivity contribution in [3.63, 3.8) is 0 Å². The molecule has 1 rings (SSSR count). The van der Waals surface area contributed by atoms with Gasteiger partial charge in [0.15, 0.2) is 0 Å². The van der Waals surface area contributed by atoms with E-state index >= 15 is 0 Å². The second kappa shape index (κ2) is 4.64. The molecule has 0 spiro atoms. The van der Waals surface area contributed by atoms with Crippen molar-refractivity contribution in [3.05, 3.63) is 0 Å². The first-order valence-corrected chi connectivity index (χ1v) is 5.93. The maximum Gasteiger partial charge on any atom is 0.309 e. The summed E-state index contributed by atoms with van der Waals surface area (Å²) < 4.78 is 0. The lowest BCUT2D eigenvalue weighted by atomic mass is 9.99. The van der Waals surface area contributed by atoms with Crippen LogP contribution in [0.1, 0.15) is 27.7 Å². The van der Waals surface area contributed by atoms with E-state index in [-0.39, 0.29) is 18.5 Å². The molecule has 1 N–H and O–H groups in total. The minimum Gasteiger partial charge on any atom is -0.481 e. The zero-order valence-electron chi connectivity index (χ0n) is 11.2. The Labute approximate surface area is 102 Å². The Morgan fingerprint density at radius 1 is 1.41 bits per heavy atom. The van der Waals surface area contributed by atoms with Gasteiger partial charge in [0.2, 0.25) is 5.91 Å². The standard InChI is InChI=1S/C12H22N2O3/c1-8(2)14-7-9(10(15)16)6-13(5)11(17)12(14,3)4/h8-9H,6-7H2,1-5H3,(H,15,16). The van der Waals surface area contributed by atoms with Crippen LogP contribution in [0.5, 0.6) is 0 Å². The van der Waals surface area contributed by atoms with Crippen molar-refractivity contribution in [3.8, 4) is 0 Å². The quantitative estimate of drug-likeness (QED) is 0.772. The van der Waals surface area contributed by atoms with Crippen LogP contribution >= 0.6 is 0 Å². The van der Waals surface area contributed by atoms with Crippen molar-refractivity contribution in [2.45, 2.75) is 39.3 Å². The fraction of sp³-hybridized carbons (Fsp3) is 0.833. The van der Waals surface area contributed by atoms with Gasteiger partial charge in [-0.2, -0.15) is 0 Å². The Kier molecular flexibility index (Phi) is 3.81. The Balaban J connectivity index is 3.10. The van der Waals surface area contributed by atoms with E-state index in [0.29, 0.717) is 6.54 Å². The molecule has 0 aromatic carbocycles. The average molecular weight is 242 g/mol. The van der Waals surface area contributed by atoms with Crippen molar-refractivity contribution < 1.29 is 14.7 Å². The van der Waals surface area contributed by atoms with Crippen molar-refractivity contribution in [1.29, 1.82) is 0 Å². The summed E-state index contributed by atoms with van der Waals surface area (Å²) in [6, 6.07) is 0.141. The van der Waals surface area contributed by atoms with Gasteiger partial charge in [0.25, 0.3) is 0 Å². The summed E-state index contributed by atoms with van der Waals surface area (Å²) >= 11 is 0. The monoisotopic (exact) mass is 242 g/mol. The summed E-state index contributed by atoms with van der Waals surface area (Å²) in [5.41, 5.74) is -0.646. The molecule has 1 atom stereocenters. The highest BCUT2D eigenvalue weighted by Crippen LogP contribution is 2.25. The highest BCUT2D eigenvalue weighted by atomic mass is 16.4. The number of likely N-dealkylation sites (N-methyl/N-ethyl adjacent to an activating group) is 1. The molecule has 1 heterocycles. The van der Waals surface area contributed by atoms with Gasteiger partial charge in [-0.25, -0.2) is 0 Å². The van der Waals surface area contributed by atoms with Crippen LogP contribution in [0.25, 0.3) is 0 Å². The zero-order valence-corrected chi connectivity index (χ0v) is 11.2. The van der Waals surface area contributed by atoms with Crippen LogP contribution < -0.4 is 0 Å². The smallest absolute Gasteiger partial charge is 0.309 e. The third-order valence-corrected chi connectivity index (χ3v) is 3.47. The molecular formula is C12H22N2O3. The predicted octanol–water partition coefficient (Wildman–Crippen LogP) is 0.648. The number of nitrogens with zero attached hydrogens (tertiary/aromatic N) is 2. The number of carbonyl (C=O) groups excluding carboxylic acids is 1. The molecule has 0 saturated carbocycles. The number of carbonyl (C=O) groups is 2. The Hall–Kier alpha value is -1.10. The molecule has 1 saturated heterocycles. The van der Waals surface area contributed by atoms with Crippen molar-refractivity contribution in [2.24, 2.45) is 5.92 Å². The van der Waals surface area contributed by atoms with Crippen LogP contribution in [-0.2, 0) is 9.59 Å². The summed E-state index contributed by atoms with van der Waals surface area (Å²) in [5.74, 6) is -1.38. The fourth-order valence-corrected chi connectivity index (χ4v) is 2.54. The Morgan fingerprint density at radius 3 is 2.35 bits per heavy atom. The van der Waals surface area contributed by atoms with Gasteiger partial charge in [0, 0.05) is 26.2 Å². The maximum absolute atomic E-state index is 12.2. The van der Waals surface area contributed by atoms with Crippen LogP contribution in [0.4, 0.5) is 0 Å². The van der Waals surface area contributed by atoms with Crippen LogP contribution in [0.3, 0.4) is 0 Å². The normalized spacial score (nSPS) is 26.1. The molecule has 1 fully saturated rings. The summed E-state index contributed by atoms with van der Waals surface area (Å²) in [5, 5.41) is 9.17. The number of hydrogen-bond donors (Lipinski definition) is 1. The van der Waals surface area contributed by atoms with Crippen molar-refractivity contribution >= 4 is 11.9 Å². The molecule has 0 aliphatic carbocycles. The van der Waals surface area contributed by atoms with Gasteiger partial charge in [-0.1, -0.05) is 0 Å². The number of amides is 1. The van der Waals surface area contributed by atoms with Gasteiger partial charge in [-0.3, -0.25) is 14.5 Å². The maximum atomic E-state index is 12.2. The minimum absolute atomic E-state index is 0.0186. The molecule has 1 aliphatic rings. The van der Waals surface area contributed by atoms with Crippen LogP contribution in [0, 0.1) is 5.92 Å². The number of rotatable bonds is 2. The molecule has 98 valence electrons. The fourth-order valence-electron chi connectivity index (χ4n) is 2.54. The van der Waals surface area contributed by atoms with Gasteiger partial charge < -0.3 is 10.0 Å². The molecule has 1 amide bonds. The molecule has 5 nitrogen and oxygen atoms in total. The summed E-state index contributed by atoms with van der Waals surface area (Å²) in [4.78, 5) is 26.9. The number of carboxylic acids is 1. The number of carboxylic acid groups (broad SMARTS) is 1. The van der Waals surface area contributed by atoms with E-state index in [2.05, 4.69) is 0 Å². The lowest BCUT2D eigenvalue weighted by Crippen LogP contribution is -2.55. The topological polar surface area (TPSA) is 60.9 Å². The first-order valence-electron chi connectivity index (χ1n) is 5.93. The lowest BCUT2D eigenvalue weighted by Gasteiger charge is -2.39. The third kappa shape index (κ3) is 2.60. The van der Waals surface area contributed by atoms with E-state index in [1.165, 1.54) is 4.90 Å². The summed E-state index contributed by atoms with van der Waals surface area (Å²) in [6.45, 7) is 8.38. The van der Waals surface area contributed by atoms with Crippen LogP contribution in [0.2, 0.25) is 0 Å². The Morgan fingerprint density at radius 2 is 1.94 bits per heavy atom. The van der Waals surface area contributed by atoms with Gasteiger partial charge in [-0.05, 0) is 27.7 Å². The second-order valence-corrected chi connectivity index (χ2v) is 5.53. The van der Waals surface area contributed by atoms with E-state index in [4.69, 9.17) is 0 Å². The molecular weight excluding hydrogens is 220 g/mol. The number of aliphatic carboxylic acids is 1. The SMILES string of the molecule is CC(C)N1CC(C(=O)O)CN(C)C(=O)C1(C)C. The highest BCUT2D eigenvalue weighted by Gasteiger charge is 2.43. The van der Waals surface area contributed by atoms with Crippen LogP contribution in [-0.4, -0.2) is 58.5 Å². The molecule has 0 radical (unpaired) electrons. The first kappa shape index (κ1) is 14.0. The Bertz CT molecular complexity index is 326. The van der Waals surface area contributed by atoms with Crippen molar-refractivity contribution in [2.75, 3.05) is 20.1 Å².